The van der Waals surface area contributed by atoms with Gasteiger partial charge in [0.05, 0.1) is 22.6 Å². The Morgan fingerprint density at radius 2 is 1.85 bits per heavy atom. The minimum Gasteiger partial charge on any atom is -0.495 e. The number of nitro groups is 1. The van der Waals surface area contributed by atoms with E-state index in [-0.39, 0.29) is 16.5 Å². The Morgan fingerprint density at radius 3 is 2.38 bits per heavy atom. The zero-order valence-electron chi connectivity index (χ0n) is 14.3. The summed E-state index contributed by atoms with van der Waals surface area (Å²) < 4.78 is 28.5. The van der Waals surface area contributed by atoms with E-state index < -0.39 is 20.4 Å². The number of methoxy groups -OCH3 is 1. The summed E-state index contributed by atoms with van der Waals surface area (Å²) in [6.07, 6.45) is 0.971. The molecule has 0 fully saturated rings. The number of amides is 1. The van der Waals surface area contributed by atoms with E-state index in [1.54, 1.807) is 18.2 Å². The highest BCUT2D eigenvalue weighted by atomic mass is 32.2. The van der Waals surface area contributed by atoms with Gasteiger partial charge in [-0.25, -0.2) is 8.42 Å². The van der Waals surface area contributed by atoms with Crippen molar-refractivity contribution in [1.82, 2.24) is 0 Å². The smallest absolute Gasteiger partial charge is 0.293 e. The molecule has 0 aliphatic heterocycles. The SMILES string of the molecule is COc1ccc(NC(C)=O)cc1Nc1ccc(S(C)(=O)=O)cc1[N+](=O)[O-]. The van der Waals surface area contributed by atoms with Crippen LogP contribution in [-0.2, 0) is 14.6 Å². The molecule has 2 aromatic carbocycles. The van der Waals surface area contributed by atoms with Gasteiger partial charge in [0.25, 0.3) is 5.69 Å². The highest BCUT2D eigenvalue weighted by molar-refractivity contribution is 7.90. The van der Waals surface area contributed by atoms with Gasteiger partial charge in [0.15, 0.2) is 9.84 Å². The van der Waals surface area contributed by atoms with Gasteiger partial charge in [-0.15, -0.1) is 0 Å². The summed E-state index contributed by atoms with van der Waals surface area (Å²) in [5.41, 5.74) is 0.519. The van der Waals surface area contributed by atoms with E-state index in [2.05, 4.69) is 10.6 Å². The summed E-state index contributed by atoms with van der Waals surface area (Å²) in [5, 5.41) is 16.8. The standard InChI is InChI=1S/C16H17N3O6S/c1-10(20)17-11-4-7-16(25-2)14(8-11)18-13-6-5-12(26(3,23)24)9-15(13)19(21)22/h4-9,18H,1-3H3,(H,17,20). The molecule has 0 radical (unpaired) electrons. The van der Waals surface area contributed by atoms with Crippen molar-refractivity contribution in [2.45, 2.75) is 11.8 Å². The van der Waals surface area contributed by atoms with Crippen LogP contribution in [0.2, 0.25) is 0 Å². The maximum absolute atomic E-state index is 11.6. The van der Waals surface area contributed by atoms with Crippen LogP contribution < -0.4 is 15.4 Å². The lowest BCUT2D eigenvalue weighted by atomic mass is 10.2. The van der Waals surface area contributed by atoms with E-state index in [1.165, 1.54) is 26.2 Å². The fourth-order valence-corrected chi connectivity index (χ4v) is 2.87. The van der Waals surface area contributed by atoms with Gasteiger partial charge in [-0.2, -0.15) is 0 Å². The number of hydrogen-bond acceptors (Lipinski definition) is 7. The van der Waals surface area contributed by atoms with Crippen molar-refractivity contribution in [1.29, 1.82) is 0 Å². The van der Waals surface area contributed by atoms with Crippen molar-refractivity contribution in [3.8, 4) is 5.75 Å². The molecule has 0 bridgehead atoms. The zero-order chi connectivity index (χ0) is 19.5. The topological polar surface area (TPSA) is 128 Å². The second-order valence-electron chi connectivity index (χ2n) is 5.43. The molecule has 10 heteroatoms. The fourth-order valence-electron chi connectivity index (χ4n) is 2.23. The molecule has 9 nitrogen and oxygen atoms in total. The third kappa shape index (κ3) is 4.48. The summed E-state index contributed by atoms with van der Waals surface area (Å²) in [7, 11) is -2.16. The van der Waals surface area contributed by atoms with E-state index in [1.807, 2.05) is 0 Å². The first-order valence-corrected chi connectivity index (χ1v) is 9.22. The summed E-state index contributed by atoms with van der Waals surface area (Å²) in [4.78, 5) is 21.7. The number of ether oxygens (including phenoxy) is 1. The maximum atomic E-state index is 11.6. The van der Waals surface area contributed by atoms with Crippen molar-refractivity contribution in [3.05, 3.63) is 46.5 Å². The zero-order valence-corrected chi connectivity index (χ0v) is 15.1. The first-order valence-electron chi connectivity index (χ1n) is 7.33. The second-order valence-corrected chi connectivity index (χ2v) is 7.45. The first-order chi connectivity index (χ1) is 12.1. The van der Waals surface area contributed by atoms with Crippen LogP contribution in [0.25, 0.3) is 0 Å². The van der Waals surface area contributed by atoms with Crippen molar-refractivity contribution < 1.29 is 22.9 Å². The predicted molar refractivity (Wildman–Crippen MR) is 96.8 cm³/mol. The van der Waals surface area contributed by atoms with Crippen LogP contribution in [0.4, 0.5) is 22.7 Å². The van der Waals surface area contributed by atoms with Gasteiger partial charge in [0.2, 0.25) is 5.91 Å². The predicted octanol–water partition coefficient (Wildman–Crippen LogP) is 2.71. The Hall–Kier alpha value is -3.14. The van der Waals surface area contributed by atoms with Crippen LogP contribution in [0.1, 0.15) is 6.92 Å². The van der Waals surface area contributed by atoms with Gasteiger partial charge in [-0.1, -0.05) is 0 Å². The number of rotatable bonds is 6. The molecule has 0 unspecified atom stereocenters. The number of hydrogen-bond donors (Lipinski definition) is 2. The lowest BCUT2D eigenvalue weighted by Crippen LogP contribution is -2.07. The van der Waals surface area contributed by atoms with Crippen molar-refractivity contribution in [3.63, 3.8) is 0 Å². The molecule has 26 heavy (non-hydrogen) atoms. The molecule has 0 saturated heterocycles. The maximum Gasteiger partial charge on any atom is 0.293 e. The van der Waals surface area contributed by atoms with Crippen molar-refractivity contribution in [2.24, 2.45) is 0 Å². The monoisotopic (exact) mass is 379 g/mol. The van der Waals surface area contributed by atoms with Crippen LogP contribution in [0.3, 0.4) is 0 Å². The molecule has 2 aromatic rings. The quantitative estimate of drug-likeness (QED) is 0.583. The normalized spacial score (nSPS) is 10.9. The van der Waals surface area contributed by atoms with Crippen molar-refractivity contribution in [2.75, 3.05) is 24.0 Å². The number of nitrogens with one attached hydrogen (secondary N) is 2. The minimum absolute atomic E-state index is 0.0840. The Bertz CT molecular complexity index is 972. The fraction of sp³-hybridized carbons (Fsp3) is 0.188. The molecule has 0 spiro atoms. The number of carbonyl (C=O) groups excluding carboxylic acids is 1. The van der Waals surface area contributed by atoms with Crippen molar-refractivity contribution >= 4 is 38.5 Å². The van der Waals surface area contributed by atoms with E-state index in [4.69, 9.17) is 4.74 Å². The number of carbonyl (C=O) groups is 1. The molecule has 0 heterocycles. The summed E-state index contributed by atoms with van der Waals surface area (Å²) in [6.45, 7) is 1.35. The largest absolute Gasteiger partial charge is 0.495 e. The average Bonchev–Trinajstić information content (AvgIpc) is 2.53. The molecule has 0 atom stereocenters. The van der Waals surface area contributed by atoms with E-state index in [9.17, 15) is 23.3 Å². The number of benzene rings is 2. The number of sulfone groups is 1. The molecular formula is C16H17N3O6S. The lowest BCUT2D eigenvalue weighted by molar-refractivity contribution is -0.384. The van der Waals surface area contributed by atoms with Gasteiger partial charge >= 0.3 is 0 Å². The number of nitrogens with zero attached hydrogens (tertiary/aromatic N) is 1. The van der Waals surface area contributed by atoms with Crippen LogP contribution in [0.15, 0.2) is 41.3 Å². The van der Waals surface area contributed by atoms with Gasteiger partial charge < -0.3 is 15.4 Å². The number of nitro benzene ring substituents is 1. The molecule has 0 aliphatic carbocycles. The molecule has 0 saturated carbocycles. The molecule has 138 valence electrons. The summed E-state index contributed by atoms with van der Waals surface area (Å²) in [6, 6.07) is 8.32. The first kappa shape index (κ1) is 19.2. The molecule has 2 N–H and O–H groups in total. The third-order valence-corrected chi connectivity index (χ3v) is 4.49. The Labute approximate surface area is 150 Å². The van der Waals surface area contributed by atoms with Gasteiger partial charge in [-0.3, -0.25) is 14.9 Å². The van der Waals surface area contributed by atoms with Crippen LogP contribution >= 0.6 is 0 Å². The molecule has 0 aliphatic rings. The summed E-state index contributed by atoms with van der Waals surface area (Å²) in [5.74, 6) is 0.116. The van der Waals surface area contributed by atoms with Gasteiger partial charge in [0, 0.05) is 24.9 Å². The molecule has 2 rings (SSSR count). The highest BCUT2D eigenvalue weighted by Crippen LogP contribution is 2.35. The van der Waals surface area contributed by atoms with Crippen LogP contribution in [0, 0.1) is 10.1 Å². The Kier molecular flexibility index (Phi) is 5.46. The van der Waals surface area contributed by atoms with E-state index >= 15 is 0 Å². The Morgan fingerprint density at radius 1 is 1.15 bits per heavy atom. The minimum atomic E-state index is -3.59. The summed E-state index contributed by atoms with van der Waals surface area (Å²) >= 11 is 0. The van der Waals surface area contributed by atoms with Crippen LogP contribution in [-0.4, -0.2) is 32.6 Å². The van der Waals surface area contributed by atoms with Gasteiger partial charge in [0.1, 0.15) is 11.4 Å². The van der Waals surface area contributed by atoms with Crippen LogP contribution in [0.5, 0.6) is 5.75 Å². The molecule has 1 amide bonds. The van der Waals surface area contributed by atoms with Gasteiger partial charge in [-0.05, 0) is 30.3 Å². The average molecular weight is 379 g/mol. The second kappa shape index (κ2) is 7.40. The van der Waals surface area contributed by atoms with E-state index in [0.29, 0.717) is 17.1 Å². The molecule has 0 aromatic heterocycles. The lowest BCUT2D eigenvalue weighted by Gasteiger charge is -2.14. The molecular weight excluding hydrogens is 362 g/mol. The third-order valence-electron chi connectivity index (χ3n) is 3.38. The van der Waals surface area contributed by atoms with E-state index in [0.717, 1.165) is 12.3 Å². The number of anilines is 3. The Balaban J connectivity index is 2.50. The highest BCUT2D eigenvalue weighted by Gasteiger charge is 2.20.